The molecule has 0 aromatic carbocycles. The Morgan fingerprint density at radius 2 is 2.05 bits per heavy atom. The lowest BCUT2D eigenvalue weighted by Crippen LogP contribution is -2.28. The van der Waals surface area contributed by atoms with Crippen LogP contribution < -0.4 is 5.32 Å². The molecule has 1 aliphatic rings. The summed E-state index contributed by atoms with van der Waals surface area (Å²) in [5.41, 5.74) is 2.30. The molecule has 1 fully saturated rings. The molecule has 19 heavy (non-hydrogen) atoms. The van der Waals surface area contributed by atoms with Crippen LogP contribution in [0.2, 0.25) is 0 Å². The molecule has 0 atom stereocenters. The average molecular weight is 263 g/mol. The Morgan fingerprint density at radius 3 is 2.63 bits per heavy atom. The van der Waals surface area contributed by atoms with Gasteiger partial charge in [-0.15, -0.1) is 0 Å². The third kappa shape index (κ3) is 6.02. The maximum atomic E-state index is 12.0. The lowest BCUT2D eigenvalue weighted by Gasteiger charge is -2.21. The molecule has 1 heterocycles. The number of carbonyl (C=O) groups excluding carboxylic acids is 1. The summed E-state index contributed by atoms with van der Waals surface area (Å²) in [5, 5.41) is 3.33. The highest BCUT2D eigenvalue weighted by atomic mass is 16.1. The SMILES string of the molecule is C=C/C=C(/CC)C(=C)CCC(=O)CC1CCNCC1.[HH]. The highest BCUT2D eigenvalue weighted by Crippen LogP contribution is 2.21. The zero-order chi connectivity index (χ0) is 14.1. The van der Waals surface area contributed by atoms with Gasteiger partial charge in [-0.2, -0.15) is 0 Å². The van der Waals surface area contributed by atoms with Crippen LogP contribution >= 0.6 is 0 Å². The van der Waals surface area contributed by atoms with E-state index >= 15 is 0 Å². The molecular formula is C17H29NO. The smallest absolute Gasteiger partial charge is 0.133 e. The fraction of sp³-hybridized carbons (Fsp3) is 0.588. The van der Waals surface area contributed by atoms with E-state index in [1.54, 1.807) is 6.08 Å². The number of carbonyl (C=O) groups is 1. The molecule has 0 unspecified atom stereocenters. The maximum absolute atomic E-state index is 12.0. The molecule has 0 bridgehead atoms. The first-order chi connectivity index (χ1) is 9.17. The molecule has 0 spiro atoms. The summed E-state index contributed by atoms with van der Waals surface area (Å²) in [6, 6.07) is 0. The largest absolute Gasteiger partial charge is 0.317 e. The maximum Gasteiger partial charge on any atom is 0.133 e. The van der Waals surface area contributed by atoms with Crippen molar-refractivity contribution in [1.29, 1.82) is 0 Å². The fourth-order valence-corrected chi connectivity index (χ4v) is 2.59. The third-order valence-corrected chi connectivity index (χ3v) is 3.83. The Labute approximate surface area is 119 Å². The number of ketones is 1. The monoisotopic (exact) mass is 263 g/mol. The van der Waals surface area contributed by atoms with Crippen molar-refractivity contribution in [2.75, 3.05) is 13.1 Å². The highest BCUT2D eigenvalue weighted by Gasteiger charge is 2.16. The molecule has 1 N–H and O–H groups in total. The molecule has 0 aliphatic carbocycles. The van der Waals surface area contributed by atoms with E-state index in [9.17, 15) is 4.79 Å². The summed E-state index contributed by atoms with van der Waals surface area (Å²) in [6.07, 6.45) is 9.20. The molecule has 0 aromatic rings. The number of piperidine rings is 1. The number of Topliss-reactive ketones (excluding diaryl/α,β-unsaturated/α-hetero) is 1. The van der Waals surface area contributed by atoms with Crippen LogP contribution in [0.3, 0.4) is 0 Å². The Bertz CT molecular complexity index is 354. The number of hydrogen-bond donors (Lipinski definition) is 1. The van der Waals surface area contributed by atoms with Crippen molar-refractivity contribution < 1.29 is 6.22 Å². The average Bonchev–Trinajstić information content (AvgIpc) is 2.43. The van der Waals surface area contributed by atoms with Gasteiger partial charge in [0.25, 0.3) is 0 Å². The van der Waals surface area contributed by atoms with Crippen LogP contribution in [0, 0.1) is 5.92 Å². The Morgan fingerprint density at radius 1 is 1.37 bits per heavy atom. The van der Waals surface area contributed by atoms with Crippen LogP contribution in [-0.4, -0.2) is 18.9 Å². The normalized spacial score (nSPS) is 17.2. The van der Waals surface area contributed by atoms with Gasteiger partial charge in [-0.25, -0.2) is 0 Å². The van der Waals surface area contributed by atoms with E-state index < -0.39 is 0 Å². The molecular weight excluding hydrogens is 234 g/mol. The van der Waals surface area contributed by atoms with Crippen molar-refractivity contribution in [3.63, 3.8) is 0 Å². The van der Waals surface area contributed by atoms with E-state index in [4.69, 9.17) is 0 Å². The van der Waals surface area contributed by atoms with Gasteiger partial charge < -0.3 is 5.32 Å². The molecule has 0 saturated carbocycles. The molecule has 1 saturated heterocycles. The molecule has 108 valence electrons. The van der Waals surface area contributed by atoms with Crippen LogP contribution in [0.25, 0.3) is 0 Å². The van der Waals surface area contributed by atoms with Gasteiger partial charge in [-0.3, -0.25) is 4.79 Å². The molecule has 0 aromatic heterocycles. The van der Waals surface area contributed by atoms with Crippen molar-refractivity contribution in [2.45, 2.75) is 45.4 Å². The van der Waals surface area contributed by atoms with Gasteiger partial charge in [0.2, 0.25) is 0 Å². The van der Waals surface area contributed by atoms with Gasteiger partial charge in [0.05, 0.1) is 0 Å². The second kappa shape index (κ2) is 8.87. The van der Waals surface area contributed by atoms with Crippen LogP contribution in [0.1, 0.15) is 46.9 Å². The molecule has 0 radical (unpaired) electrons. The topological polar surface area (TPSA) is 29.1 Å². The van der Waals surface area contributed by atoms with Gasteiger partial charge in [-0.1, -0.05) is 37.8 Å². The number of nitrogens with one attached hydrogen (secondary N) is 1. The second-order valence-electron chi connectivity index (χ2n) is 5.32. The molecule has 1 rings (SSSR count). The van der Waals surface area contributed by atoms with Gasteiger partial charge in [0, 0.05) is 14.3 Å². The van der Waals surface area contributed by atoms with Crippen LogP contribution in [0.5, 0.6) is 0 Å². The van der Waals surface area contributed by atoms with E-state index in [-0.39, 0.29) is 1.43 Å². The summed E-state index contributed by atoms with van der Waals surface area (Å²) in [5.74, 6) is 0.985. The first-order valence-corrected chi connectivity index (χ1v) is 7.39. The summed E-state index contributed by atoms with van der Waals surface area (Å²) in [6.45, 7) is 12.0. The Kier molecular flexibility index (Phi) is 7.42. The predicted octanol–water partition coefficient (Wildman–Crippen LogP) is 4.05. The Hall–Kier alpha value is -1.15. The van der Waals surface area contributed by atoms with Crippen molar-refractivity contribution >= 4 is 5.78 Å². The molecule has 0 amide bonds. The summed E-state index contributed by atoms with van der Waals surface area (Å²) in [4.78, 5) is 12.0. The van der Waals surface area contributed by atoms with E-state index in [1.807, 2.05) is 6.08 Å². The molecule has 2 heteroatoms. The zero-order valence-corrected chi connectivity index (χ0v) is 12.2. The second-order valence-corrected chi connectivity index (χ2v) is 5.32. The van der Waals surface area contributed by atoms with Crippen LogP contribution in [0.15, 0.2) is 36.5 Å². The van der Waals surface area contributed by atoms with Gasteiger partial charge >= 0.3 is 0 Å². The van der Waals surface area contributed by atoms with Crippen LogP contribution in [-0.2, 0) is 4.79 Å². The van der Waals surface area contributed by atoms with Gasteiger partial charge in [-0.05, 0) is 50.3 Å². The van der Waals surface area contributed by atoms with Gasteiger partial charge in [0.15, 0.2) is 0 Å². The lowest BCUT2D eigenvalue weighted by atomic mass is 9.90. The predicted molar refractivity (Wildman–Crippen MR) is 84.3 cm³/mol. The number of rotatable bonds is 8. The minimum atomic E-state index is 0. The Balaban J connectivity index is 0.00000361. The minimum Gasteiger partial charge on any atom is -0.317 e. The quantitative estimate of drug-likeness (QED) is 0.669. The molecule has 2 nitrogen and oxygen atoms in total. The van der Waals surface area contributed by atoms with E-state index in [1.165, 1.54) is 5.57 Å². The van der Waals surface area contributed by atoms with E-state index in [0.717, 1.165) is 50.8 Å². The first kappa shape index (κ1) is 15.9. The van der Waals surface area contributed by atoms with Crippen LogP contribution in [0.4, 0.5) is 0 Å². The van der Waals surface area contributed by atoms with Crippen molar-refractivity contribution in [2.24, 2.45) is 5.92 Å². The lowest BCUT2D eigenvalue weighted by molar-refractivity contribution is -0.120. The summed E-state index contributed by atoms with van der Waals surface area (Å²) >= 11 is 0. The third-order valence-electron chi connectivity index (χ3n) is 3.83. The van der Waals surface area contributed by atoms with Crippen molar-refractivity contribution in [1.82, 2.24) is 5.32 Å². The van der Waals surface area contributed by atoms with Crippen molar-refractivity contribution in [3.8, 4) is 0 Å². The van der Waals surface area contributed by atoms with Gasteiger partial charge in [0.1, 0.15) is 5.78 Å². The number of hydrogen-bond acceptors (Lipinski definition) is 2. The standard InChI is InChI=1S/C17H27NO.H2/c1-4-6-16(5-2)14(3)7-8-17(19)13-15-9-11-18-12-10-15;/h4,6,15,18H,1,3,5,7-13H2,2H3;1H/b16-6-;. The fourth-order valence-electron chi connectivity index (χ4n) is 2.59. The molecule has 1 aliphatic heterocycles. The highest BCUT2D eigenvalue weighted by molar-refractivity contribution is 5.79. The summed E-state index contributed by atoms with van der Waals surface area (Å²) < 4.78 is 0. The summed E-state index contributed by atoms with van der Waals surface area (Å²) in [7, 11) is 0. The number of allylic oxidation sites excluding steroid dienone is 4. The first-order valence-electron chi connectivity index (χ1n) is 7.39. The minimum absolute atomic E-state index is 0. The van der Waals surface area contributed by atoms with E-state index in [0.29, 0.717) is 18.1 Å². The van der Waals surface area contributed by atoms with E-state index in [2.05, 4.69) is 25.4 Å². The van der Waals surface area contributed by atoms with Crippen molar-refractivity contribution in [3.05, 3.63) is 36.5 Å². The zero-order valence-electron chi connectivity index (χ0n) is 12.2.